The molecule has 2 heterocycles. The normalized spacial score (nSPS) is 16.9. The molecule has 0 radical (unpaired) electrons. The van der Waals surface area contributed by atoms with Gasteiger partial charge in [0.25, 0.3) is 0 Å². The van der Waals surface area contributed by atoms with E-state index in [9.17, 15) is 9.59 Å². The number of rotatable bonds is 3. The van der Waals surface area contributed by atoms with Gasteiger partial charge >= 0.3 is 12.1 Å². The van der Waals surface area contributed by atoms with E-state index in [0.717, 1.165) is 29.5 Å². The number of carbonyl (C=O) groups is 2. The van der Waals surface area contributed by atoms with Gasteiger partial charge in [-0.05, 0) is 30.3 Å². The van der Waals surface area contributed by atoms with Crippen molar-refractivity contribution in [2.75, 3.05) is 54.4 Å². The van der Waals surface area contributed by atoms with Gasteiger partial charge in [-0.25, -0.2) is 9.59 Å². The summed E-state index contributed by atoms with van der Waals surface area (Å²) in [6.45, 7) is 3.94. The van der Waals surface area contributed by atoms with Gasteiger partial charge in [0.1, 0.15) is 0 Å². The van der Waals surface area contributed by atoms with Gasteiger partial charge in [-0.2, -0.15) is 0 Å². The summed E-state index contributed by atoms with van der Waals surface area (Å²) in [6.07, 6.45) is 0. The molecule has 4 rings (SSSR count). The van der Waals surface area contributed by atoms with Crippen molar-refractivity contribution < 1.29 is 9.59 Å². The highest BCUT2D eigenvalue weighted by atomic mass is 35.5. The third-order valence-corrected chi connectivity index (χ3v) is 5.35. The molecule has 2 aliphatic heterocycles. The van der Waals surface area contributed by atoms with Crippen molar-refractivity contribution in [2.24, 2.45) is 0 Å². The Labute approximate surface area is 168 Å². The second-order valence-corrected chi connectivity index (χ2v) is 7.20. The molecule has 2 fully saturated rings. The molecule has 8 heteroatoms. The van der Waals surface area contributed by atoms with Crippen LogP contribution >= 0.6 is 11.6 Å². The Morgan fingerprint density at radius 1 is 1.00 bits per heavy atom. The Bertz CT molecular complexity index is 882. The third kappa shape index (κ3) is 3.84. The lowest BCUT2D eigenvalue weighted by Gasteiger charge is -2.36. The number of amides is 4. The number of hydrogen-bond donors (Lipinski definition) is 2. The van der Waals surface area contributed by atoms with Crippen LogP contribution in [0.4, 0.5) is 26.7 Å². The molecule has 7 nitrogen and oxygen atoms in total. The fourth-order valence-electron chi connectivity index (χ4n) is 3.53. The molecule has 2 aromatic rings. The highest BCUT2D eigenvalue weighted by Gasteiger charge is 2.24. The third-order valence-electron chi connectivity index (χ3n) is 5.03. The first-order valence-corrected chi connectivity index (χ1v) is 9.70. The van der Waals surface area contributed by atoms with E-state index in [1.54, 1.807) is 9.80 Å². The highest BCUT2D eigenvalue weighted by molar-refractivity contribution is 6.33. The van der Waals surface area contributed by atoms with Crippen molar-refractivity contribution in [3.63, 3.8) is 0 Å². The molecule has 2 aromatic carbocycles. The van der Waals surface area contributed by atoms with Crippen LogP contribution in [0.5, 0.6) is 0 Å². The van der Waals surface area contributed by atoms with Crippen molar-refractivity contribution in [1.29, 1.82) is 0 Å². The topological polar surface area (TPSA) is 67.9 Å². The number of para-hydroxylation sites is 1. The van der Waals surface area contributed by atoms with Crippen LogP contribution in [0.2, 0.25) is 5.02 Å². The summed E-state index contributed by atoms with van der Waals surface area (Å²) in [5, 5.41) is 6.44. The minimum absolute atomic E-state index is 0.112. The zero-order valence-electron chi connectivity index (χ0n) is 15.4. The largest absolute Gasteiger partial charge is 0.367 e. The van der Waals surface area contributed by atoms with E-state index in [2.05, 4.69) is 15.5 Å². The summed E-state index contributed by atoms with van der Waals surface area (Å²) in [4.78, 5) is 30.1. The van der Waals surface area contributed by atoms with Crippen molar-refractivity contribution in [3.05, 3.63) is 53.6 Å². The molecule has 0 saturated carbocycles. The maximum Gasteiger partial charge on any atom is 0.321 e. The Morgan fingerprint density at radius 3 is 2.50 bits per heavy atom. The zero-order chi connectivity index (χ0) is 19.5. The monoisotopic (exact) mass is 399 g/mol. The van der Waals surface area contributed by atoms with E-state index in [-0.39, 0.29) is 12.1 Å². The molecular formula is C20H22ClN5O2. The van der Waals surface area contributed by atoms with Crippen LogP contribution in [0, 0.1) is 0 Å². The molecule has 28 heavy (non-hydrogen) atoms. The Kier molecular flexibility index (Phi) is 5.25. The molecule has 2 aliphatic rings. The van der Waals surface area contributed by atoms with Crippen LogP contribution in [0.1, 0.15) is 0 Å². The van der Waals surface area contributed by atoms with Crippen molar-refractivity contribution in [2.45, 2.75) is 0 Å². The van der Waals surface area contributed by atoms with Crippen molar-refractivity contribution in [1.82, 2.24) is 10.2 Å². The second-order valence-electron chi connectivity index (χ2n) is 6.79. The predicted octanol–water partition coefficient (Wildman–Crippen LogP) is 3.22. The fourth-order valence-corrected chi connectivity index (χ4v) is 3.79. The molecule has 0 unspecified atom stereocenters. The predicted molar refractivity (Wildman–Crippen MR) is 111 cm³/mol. The van der Waals surface area contributed by atoms with Gasteiger partial charge in [0.05, 0.1) is 10.7 Å². The summed E-state index contributed by atoms with van der Waals surface area (Å²) in [5.74, 6) is 0. The molecule has 0 bridgehead atoms. The lowest BCUT2D eigenvalue weighted by Crippen LogP contribution is -2.50. The van der Waals surface area contributed by atoms with E-state index in [1.807, 2.05) is 48.5 Å². The van der Waals surface area contributed by atoms with Crippen molar-refractivity contribution >= 4 is 40.7 Å². The van der Waals surface area contributed by atoms with Gasteiger partial charge in [-0.1, -0.05) is 29.8 Å². The van der Waals surface area contributed by atoms with Crippen LogP contribution in [0.3, 0.4) is 0 Å². The average molecular weight is 400 g/mol. The highest BCUT2D eigenvalue weighted by Crippen LogP contribution is 2.26. The number of nitrogens with one attached hydrogen (secondary N) is 2. The molecule has 2 saturated heterocycles. The lowest BCUT2D eigenvalue weighted by atomic mass is 10.2. The number of hydrogen-bond acceptors (Lipinski definition) is 3. The minimum Gasteiger partial charge on any atom is -0.367 e. The van der Waals surface area contributed by atoms with Crippen LogP contribution in [-0.4, -0.2) is 56.2 Å². The van der Waals surface area contributed by atoms with Gasteiger partial charge in [-0.3, -0.25) is 4.90 Å². The smallest absolute Gasteiger partial charge is 0.321 e. The van der Waals surface area contributed by atoms with E-state index in [0.29, 0.717) is 31.9 Å². The summed E-state index contributed by atoms with van der Waals surface area (Å²) in [5.41, 5.74) is 2.45. The number of anilines is 3. The number of nitrogens with zero attached hydrogens (tertiary/aromatic N) is 3. The Morgan fingerprint density at radius 2 is 1.79 bits per heavy atom. The molecule has 146 valence electrons. The first-order chi connectivity index (χ1) is 13.6. The summed E-state index contributed by atoms with van der Waals surface area (Å²) < 4.78 is 0. The maximum absolute atomic E-state index is 12.7. The lowest BCUT2D eigenvalue weighted by molar-refractivity contribution is 0.208. The van der Waals surface area contributed by atoms with Crippen molar-refractivity contribution in [3.8, 4) is 0 Å². The number of halogens is 1. The number of urea groups is 2. The van der Waals surface area contributed by atoms with Gasteiger partial charge in [0.2, 0.25) is 0 Å². The number of benzene rings is 2. The maximum atomic E-state index is 12.7. The quantitative estimate of drug-likeness (QED) is 0.832. The summed E-state index contributed by atoms with van der Waals surface area (Å²) in [6, 6.07) is 14.9. The van der Waals surface area contributed by atoms with E-state index < -0.39 is 0 Å². The van der Waals surface area contributed by atoms with Crippen LogP contribution in [0.25, 0.3) is 0 Å². The van der Waals surface area contributed by atoms with E-state index in [4.69, 9.17) is 11.6 Å². The fraction of sp³-hybridized carbons (Fsp3) is 0.300. The number of carbonyl (C=O) groups excluding carboxylic acids is 2. The first kappa shape index (κ1) is 18.4. The van der Waals surface area contributed by atoms with Gasteiger partial charge in [0, 0.05) is 50.6 Å². The molecule has 4 amide bonds. The van der Waals surface area contributed by atoms with Gasteiger partial charge in [-0.15, -0.1) is 0 Å². The van der Waals surface area contributed by atoms with E-state index in [1.165, 1.54) is 0 Å². The van der Waals surface area contributed by atoms with Gasteiger partial charge in [0.15, 0.2) is 0 Å². The molecule has 2 N–H and O–H groups in total. The van der Waals surface area contributed by atoms with Gasteiger partial charge < -0.3 is 20.4 Å². The second kappa shape index (κ2) is 7.98. The Balaban J connectivity index is 1.36. The van der Waals surface area contributed by atoms with Crippen LogP contribution < -0.4 is 20.4 Å². The molecule has 0 aromatic heterocycles. The Hall–Kier alpha value is -2.93. The zero-order valence-corrected chi connectivity index (χ0v) is 16.2. The molecule has 0 aliphatic carbocycles. The molecule has 0 atom stereocenters. The first-order valence-electron chi connectivity index (χ1n) is 9.33. The average Bonchev–Trinajstić information content (AvgIpc) is 3.15. The van der Waals surface area contributed by atoms with Crippen LogP contribution in [-0.2, 0) is 0 Å². The standard InChI is InChI=1S/C20H22ClN5O2/c21-17-6-1-2-7-18(17)24-10-12-25(13-11-24)20(28)23-15-4-3-5-16(14-15)26-9-8-22-19(26)27/h1-7,14H,8-13H2,(H,22,27)(H,23,28). The summed E-state index contributed by atoms with van der Waals surface area (Å²) in [7, 11) is 0. The SMILES string of the molecule is O=C(Nc1cccc(N2CCNC2=O)c1)N1CCN(c2ccccc2Cl)CC1. The molecule has 0 spiro atoms. The van der Waals surface area contributed by atoms with Crippen LogP contribution in [0.15, 0.2) is 48.5 Å². The van der Waals surface area contributed by atoms with E-state index >= 15 is 0 Å². The number of piperazine rings is 1. The minimum atomic E-state index is -0.137. The molecular weight excluding hydrogens is 378 g/mol. The summed E-state index contributed by atoms with van der Waals surface area (Å²) >= 11 is 6.28.